The highest BCUT2D eigenvalue weighted by Gasteiger charge is 2.46. The molecule has 0 radical (unpaired) electrons. The summed E-state index contributed by atoms with van der Waals surface area (Å²) < 4.78 is 5.86. The molecular weight excluding hydrogens is 210 g/mol. The summed E-state index contributed by atoms with van der Waals surface area (Å²) in [7, 11) is 0. The van der Waals surface area contributed by atoms with Crippen molar-refractivity contribution in [3.8, 4) is 0 Å². The van der Waals surface area contributed by atoms with Gasteiger partial charge in [-0.05, 0) is 30.9 Å². The molecule has 0 spiro atoms. The standard InChI is InChI=1S/C15H19NO/c1-10(16-14-9-15(14,2)3)13-8-11-6-4-5-7-12(11)17-13/h4-8,10,14,16H,9H2,1-3H3. The van der Waals surface area contributed by atoms with E-state index in [1.165, 1.54) is 11.8 Å². The van der Waals surface area contributed by atoms with Crippen LogP contribution in [0.4, 0.5) is 0 Å². The smallest absolute Gasteiger partial charge is 0.134 e. The van der Waals surface area contributed by atoms with E-state index in [0.29, 0.717) is 11.5 Å². The number of fused-ring (bicyclic) bond motifs is 1. The van der Waals surface area contributed by atoms with Gasteiger partial charge in [-0.25, -0.2) is 0 Å². The van der Waals surface area contributed by atoms with E-state index in [-0.39, 0.29) is 6.04 Å². The lowest BCUT2D eigenvalue weighted by Gasteiger charge is -2.12. The molecule has 1 fully saturated rings. The van der Waals surface area contributed by atoms with E-state index >= 15 is 0 Å². The molecule has 2 nitrogen and oxygen atoms in total. The number of furan rings is 1. The number of hydrogen-bond donors (Lipinski definition) is 1. The van der Waals surface area contributed by atoms with Gasteiger partial charge in [0.2, 0.25) is 0 Å². The van der Waals surface area contributed by atoms with E-state index in [2.05, 4.69) is 38.2 Å². The molecule has 1 N–H and O–H groups in total. The van der Waals surface area contributed by atoms with Gasteiger partial charge in [-0.15, -0.1) is 0 Å². The highest BCUT2D eigenvalue weighted by molar-refractivity contribution is 5.77. The highest BCUT2D eigenvalue weighted by Crippen LogP contribution is 2.45. The number of rotatable bonds is 3. The van der Waals surface area contributed by atoms with Crippen molar-refractivity contribution in [3.05, 3.63) is 36.1 Å². The van der Waals surface area contributed by atoms with Gasteiger partial charge in [0.15, 0.2) is 0 Å². The number of para-hydroxylation sites is 1. The first-order valence-corrected chi connectivity index (χ1v) is 6.31. The van der Waals surface area contributed by atoms with Crippen LogP contribution in [0.5, 0.6) is 0 Å². The van der Waals surface area contributed by atoms with Crippen LogP contribution in [0.25, 0.3) is 11.0 Å². The van der Waals surface area contributed by atoms with Crippen molar-refractivity contribution < 1.29 is 4.42 Å². The molecule has 1 aliphatic carbocycles. The Morgan fingerprint density at radius 3 is 2.71 bits per heavy atom. The molecule has 90 valence electrons. The Bertz CT molecular complexity index is 508. The normalized spacial score (nSPS) is 23.8. The average molecular weight is 229 g/mol. The van der Waals surface area contributed by atoms with Crippen molar-refractivity contribution >= 4 is 11.0 Å². The van der Waals surface area contributed by atoms with E-state index < -0.39 is 0 Å². The van der Waals surface area contributed by atoms with E-state index in [0.717, 1.165) is 11.3 Å². The van der Waals surface area contributed by atoms with Crippen LogP contribution in [-0.2, 0) is 0 Å². The Labute approximate surface area is 102 Å². The number of hydrogen-bond acceptors (Lipinski definition) is 2. The molecule has 1 aromatic carbocycles. The molecule has 0 saturated heterocycles. The maximum Gasteiger partial charge on any atom is 0.134 e. The van der Waals surface area contributed by atoms with Crippen LogP contribution in [0.15, 0.2) is 34.7 Å². The average Bonchev–Trinajstić information content (AvgIpc) is 2.76. The third-order valence-corrected chi connectivity index (χ3v) is 3.84. The van der Waals surface area contributed by atoms with Crippen LogP contribution in [0.3, 0.4) is 0 Å². The minimum absolute atomic E-state index is 0.286. The topological polar surface area (TPSA) is 25.2 Å². The molecule has 0 bridgehead atoms. The molecule has 2 aromatic rings. The summed E-state index contributed by atoms with van der Waals surface area (Å²) in [6.07, 6.45) is 1.26. The van der Waals surface area contributed by atoms with Gasteiger partial charge in [0.05, 0.1) is 6.04 Å². The fourth-order valence-electron chi connectivity index (χ4n) is 2.35. The first-order chi connectivity index (χ1) is 8.06. The van der Waals surface area contributed by atoms with Crippen LogP contribution in [-0.4, -0.2) is 6.04 Å². The third-order valence-electron chi connectivity index (χ3n) is 3.84. The summed E-state index contributed by atoms with van der Waals surface area (Å²) in [4.78, 5) is 0. The zero-order valence-corrected chi connectivity index (χ0v) is 10.7. The van der Waals surface area contributed by atoms with Gasteiger partial charge < -0.3 is 9.73 Å². The quantitative estimate of drug-likeness (QED) is 0.864. The van der Waals surface area contributed by atoms with Gasteiger partial charge in [-0.3, -0.25) is 0 Å². The molecule has 2 unspecified atom stereocenters. The van der Waals surface area contributed by atoms with Crippen molar-refractivity contribution in [3.63, 3.8) is 0 Å². The van der Waals surface area contributed by atoms with Crippen LogP contribution in [0.1, 0.15) is 39.0 Å². The lowest BCUT2D eigenvalue weighted by molar-refractivity contribution is 0.424. The summed E-state index contributed by atoms with van der Waals surface area (Å²) in [5.74, 6) is 1.04. The SMILES string of the molecule is CC(NC1CC1(C)C)c1cc2ccccc2o1. The van der Waals surface area contributed by atoms with Gasteiger partial charge >= 0.3 is 0 Å². The molecule has 0 aliphatic heterocycles. The molecule has 1 aromatic heterocycles. The number of benzene rings is 1. The minimum Gasteiger partial charge on any atom is -0.459 e. The maximum absolute atomic E-state index is 5.86. The second kappa shape index (κ2) is 3.61. The summed E-state index contributed by atoms with van der Waals surface area (Å²) in [5.41, 5.74) is 1.44. The Morgan fingerprint density at radius 1 is 1.35 bits per heavy atom. The maximum atomic E-state index is 5.86. The fraction of sp³-hybridized carbons (Fsp3) is 0.467. The second-order valence-electron chi connectivity index (χ2n) is 5.82. The first-order valence-electron chi connectivity index (χ1n) is 6.31. The van der Waals surface area contributed by atoms with Crippen molar-refractivity contribution in [2.45, 2.75) is 39.3 Å². The lowest BCUT2D eigenvalue weighted by atomic mass is 10.1. The van der Waals surface area contributed by atoms with Crippen molar-refractivity contribution in [1.82, 2.24) is 5.32 Å². The Balaban J connectivity index is 1.79. The van der Waals surface area contributed by atoms with Gasteiger partial charge in [-0.2, -0.15) is 0 Å². The molecule has 17 heavy (non-hydrogen) atoms. The van der Waals surface area contributed by atoms with E-state index in [9.17, 15) is 0 Å². The first kappa shape index (κ1) is 10.8. The molecular formula is C15H19NO. The van der Waals surface area contributed by atoms with E-state index in [4.69, 9.17) is 4.42 Å². The van der Waals surface area contributed by atoms with Crippen LogP contribution >= 0.6 is 0 Å². The lowest BCUT2D eigenvalue weighted by Crippen LogP contribution is -2.23. The molecule has 1 saturated carbocycles. The predicted octanol–water partition coefficient (Wildman–Crippen LogP) is 3.88. The monoisotopic (exact) mass is 229 g/mol. The summed E-state index contributed by atoms with van der Waals surface area (Å²) >= 11 is 0. The predicted molar refractivity (Wildman–Crippen MR) is 70.0 cm³/mol. The minimum atomic E-state index is 0.286. The van der Waals surface area contributed by atoms with Gasteiger partial charge in [-0.1, -0.05) is 32.0 Å². The number of nitrogens with one attached hydrogen (secondary N) is 1. The molecule has 0 amide bonds. The largest absolute Gasteiger partial charge is 0.459 e. The van der Waals surface area contributed by atoms with E-state index in [1.807, 2.05) is 18.2 Å². The second-order valence-corrected chi connectivity index (χ2v) is 5.82. The molecule has 2 heteroatoms. The third kappa shape index (κ3) is 1.98. The molecule has 1 heterocycles. The fourth-order valence-corrected chi connectivity index (χ4v) is 2.35. The zero-order chi connectivity index (χ0) is 12.0. The van der Waals surface area contributed by atoms with Crippen LogP contribution in [0.2, 0.25) is 0 Å². The van der Waals surface area contributed by atoms with Gasteiger partial charge in [0.25, 0.3) is 0 Å². The highest BCUT2D eigenvalue weighted by atomic mass is 16.3. The molecule has 1 aliphatic rings. The Morgan fingerprint density at radius 2 is 2.06 bits per heavy atom. The van der Waals surface area contributed by atoms with Crippen LogP contribution in [0, 0.1) is 5.41 Å². The molecule has 3 rings (SSSR count). The zero-order valence-electron chi connectivity index (χ0n) is 10.7. The summed E-state index contributed by atoms with van der Waals surface area (Å²) in [5, 5.41) is 4.81. The summed E-state index contributed by atoms with van der Waals surface area (Å²) in [6, 6.07) is 11.2. The van der Waals surface area contributed by atoms with Gasteiger partial charge in [0, 0.05) is 11.4 Å². The van der Waals surface area contributed by atoms with Gasteiger partial charge in [0.1, 0.15) is 11.3 Å². The Hall–Kier alpha value is -1.28. The van der Waals surface area contributed by atoms with Crippen molar-refractivity contribution in [2.24, 2.45) is 5.41 Å². The van der Waals surface area contributed by atoms with E-state index in [1.54, 1.807) is 0 Å². The van der Waals surface area contributed by atoms with Crippen LogP contribution < -0.4 is 5.32 Å². The summed E-state index contributed by atoms with van der Waals surface area (Å²) in [6.45, 7) is 6.78. The Kier molecular flexibility index (Phi) is 2.30. The van der Waals surface area contributed by atoms with Crippen molar-refractivity contribution in [2.75, 3.05) is 0 Å². The molecule has 2 atom stereocenters. The van der Waals surface area contributed by atoms with Crippen molar-refractivity contribution in [1.29, 1.82) is 0 Å².